The van der Waals surface area contributed by atoms with E-state index in [2.05, 4.69) is 20.6 Å². The molecule has 4 heterocycles. The van der Waals surface area contributed by atoms with Crippen molar-refractivity contribution in [3.63, 3.8) is 0 Å². The number of carbonyl (C=O) groups is 2. The fourth-order valence-corrected chi connectivity index (χ4v) is 4.72. The number of ether oxygens (including phenoxy) is 3. The Hall–Kier alpha value is -4.32. The van der Waals surface area contributed by atoms with Crippen molar-refractivity contribution in [3.05, 3.63) is 71.7 Å². The Labute approximate surface area is 229 Å². The highest BCUT2D eigenvalue weighted by Crippen LogP contribution is 2.31. The molecule has 3 aromatic rings. The lowest BCUT2D eigenvalue weighted by Gasteiger charge is -2.35. The van der Waals surface area contributed by atoms with Gasteiger partial charge in [0.1, 0.15) is 23.2 Å². The number of benzene rings is 1. The summed E-state index contributed by atoms with van der Waals surface area (Å²) in [6.07, 6.45) is 4.47. The van der Waals surface area contributed by atoms with Gasteiger partial charge in [-0.1, -0.05) is 0 Å². The summed E-state index contributed by atoms with van der Waals surface area (Å²) in [5.41, 5.74) is 1.45. The van der Waals surface area contributed by atoms with Gasteiger partial charge in [-0.15, -0.1) is 0 Å². The van der Waals surface area contributed by atoms with Crippen molar-refractivity contribution >= 4 is 23.2 Å². The van der Waals surface area contributed by atoms with Gasteiger partial charge in [0.05, 0.1) is 37.3 Å². The van der Waals surface area contributed by atoms with Crippen LogP contribution in [0.3, 0.4) is 0 Å². The van der Waals surface area contributed by atoms with Crippen molar-refractivity contribution in [2.24, 2.45) is 0 Å². The second kappa shape index (κ2) is 12.2. The second-order valence-electron chi connectivity index (χ2n) is 9.51. The number of nitrogens with zero attached hydrogens (tertiary/aromatic N) is 3. The molecule has 2 aliphatic rings. The zero-order valence-electron chi connectivity index (χ0n) is 21.9. The Morgan fingerprint density at radius 1 is 1.07 bits per heavy atom. The maximum absolute atomic E-state index is 14.1. The number of halogens is 2. The molecule has 2 amide bonds. The van der Waals surface area contributed by atoms with Gasteiger partial charge in [0, 0.05) is 44.8 Å². The molecule has 2 N–H and O–H groups in total. The third-order valence-electron chi connectivity index (χ3n) is 6.81. The molecule has 0 spiro atoms. The van der Waals surface area contributed by atoms with E-state index in [0.717, 1.165) is 18.6 Å². The average molecular weight is 554 g/mol. The van der Waals surface area contributed by atoms with Gasteiger partial charge in [0.15, 0.2) is 11.6 Å². The maximum Gasteiger partial charge on any atom is 0.270 e. The summed E-state index contributed by atoms with van der Waals surface area (Å²) >= 11 is 0. The number of hydrogen-bond acceptors (Lipinski definition) is 8. The highest BCUT2D eigenvalue weighted by atomic mass is 19.1. The Bertz CT molecular complexity index is 1380. The van der Waals surface area contributed by atoms with Gasteiger partial charge in [-0.05, 0) is 36.8 Å². The normalized spacial score (nSPS) is 17.4. The number of piperidine rings is 1. The molecule has 0 radical (unpaired) electrons. The van der Waals surface area contributed by atoms with Crippen LogP contribution >= 0.6 is 0 Å². The van der Waals surface area contributed by atoms with Crippen molar-refractivity contribution in [1.29, 1.82) is 0 Å². The Balaban J connectivity index is 1.35. The molecule has 0 unspecified atom stereocenters. The Morgan fingerprint density at radius 3 is 2.62 bits per heavy atom. The lowest BCUT2D eigenvalue weighted by molar-refractivity contribution is 0.0924. The molecule has 5 rings (SSSR count). The van der Waals surface area contributed by atoms with E-state index in [1.54, 1.807) is 18.2 Å². The third kappa shape index (κ3) is 6.28. The van der Waals surface area contributed by atoms with E-state index in [-0.39, 0.29) is 40.9 Å². The van der Waals surface area contributed by atoms with Crippen LogP contribution in [0.25, 0.3) is 0 Å². The molecule has 2 saturated heterocycles. The topological polar surface area (TPSA) is 115 Å². The molecule has 40 heavy (non-hydrogen) atoms. The first kappa shape index (κ1) is 27.3. The molecular weight excluding hydrogens is 524 g/mol. The van der Waals surface area contributed by atoms with E-state index in [1.807, 2.05) is 4.90 Å². The molecule has 210 valence electrons. The molecule has 1 aromatic carbocycles. The fraction of sp³-hybridized carbons (Fsp3) is 0.357. The highest BCUT2D eigenvalue weighted by molar-refractivity contribution is 6.07. The van der Waals surface area contributed by atoms with Crippen LogP contribution in [0.2, 0.25) is 0 Å². The van der Waals surface area contributed by atoms with Gasteiger partial charge < -0.3 is 29.7 Å². The number of nitrogens with one attached hydrogen (secondary N) is 2. The molecule has 2 aromatic heterocycles. The number of methoxy groups -OCH3 is 1. The summed E-state index contributed by atoms with van der Waals surface area (Å²) in [5.74, 6) is -2.04. The minimum atomic E-state index is -0.754. The lowest BCUT2D eigenvalue weighted by Crippen LogP contribution is -2.39. The maximum atomic E-state index is 14.1. The summed E-state index contributed by atoms with van der Waals surface area (Å²) in [6, 6.07) is 8.00. The van der Waals surface area contributed by atoms with Crippen molar-refractivity contribution in [2.45, 2.75) is 31.4 Å². The number of amides is 2. The Morgan fingerprint density at radius 2 is 1.90 bits per heavy atom. The second-order valence-corrected chi connectivity index (χ2v) is 9.51. The summed E-state index contributed by atoms with van der Waals surface area (Å²) in [7, 11) is 1.43. The van der Waals surface area contributed by atoms with Crippen molar-refractivity contribution in [1.82, 2.24) is 15.3 Å². The van der Waals surface area contributed by atoms with Crippen LogP contribution < -0.4 is 25.0 Å². The first-order chi connectivity index (χ1) is 19.4. The summed E-state index contributed by atoms with van der Waals surface area (Å²) in [6.45, 7) is 2.02. The van der Waals surface area contributed by atoms with E-state index >= 15 is 0 Å². The van der Waals surface area contributed by atoms with Gasteiger partial charge in [0.2, 0.25) is 5.88 Å². The SMILES string of the molecule is COc1ncccc1C(=O)Nc1cnc(C(=O)N[C@@H]2CCOC2)cc1N1CCC(Oc2ccc(F)cc2F)CC1. The van der Waals surface area contributed by atoms with Gasteiger partial charge >= 0.3 is 0 Å². The Kier molecular flexibility index (Phi) is 8.34. The van der Waals surface area contributed by atoms with Gasteiger partial charge in [-0.3, -0.25) is 9.59 Å². The van der Waals surface area contributed by atoms with Crippen LogP contribution in [0.15, 0.2) is 48.8 Å². The zero-order chi connectivity index (χ0) is 28.1. The van der Waals surface area contributed by atoms with Crippen LogP contribution in [0.5, 0.6) is 11.6 Å². The molecule has 12 heteroatoms. The molecule has 0 aliphatic carbocycles. The minimum Gasteiger partial charge on any atom is -0.487 e. The number of pyridine rings is 2. The third-order valence-corrected chi connectivity index (χ3v) is 6.81. The molecular formula is C28H29F2N5O5. The van der Waals surface area contributed by atoms with Crippen LogP contribution in [-0.4, -0.2) is 67.3 Å². The van der Waals surface area contributed by atoms with Crippen LogP contribution in [0, 0.1) is 11.6 Å². The number of anilines is 2. The monoisotopic (exact) mass is 553 g/mol. The summed E-state index contributed by atoms with van der Waals surface area (Å²) < 4.78 is 43.7. The summed E-state index contributed by atoms with van der Waals surface area (Å²) in [5, 5.41) is 5.80. The molecule has 2 fully saturated rings. The summed E-state index contributed by atoms with van der Waals surface area (Å²) in [4.78, 5) is 36.5. The van der Waals surface area contributed by atoms with Crippen LogP contribution in [-0.2, 0) is 4.74 Å². The van der Waals surface area contributed by atoms with Crippen LogP contribution in [0.1, 0.15) is 40.1 Å². The van der Waals surface area contributed by atoms with E-state index in [1.165, 1.54) is 25.6 Å². The standard InChI is InChI=1S/C28H29F2N5O5/c1-38-28-20(3-2-9-31-28)26(36)34-23-15-32-22(27(37)33-18-8-12-39-16-18)14-24(23)35-10-6-19(7-11-35)40-25-5-4-17(29)13-21(25)30/h2-5,9,13-15,18-19H,6-8,10-12,16H2,1H3,(H,33,37)(H,34,36)/t18-/m1/s1. The van der Waals surface area contributed by atoms with E-state index in [0.29, 0.717) is 50.5 Å². The molecule has 2 aliphatic heterocycles. The fourth-order valence-electron chi connectivity index (χ4n) is 4.72. The first-order valence-electron chi connectivity index (χ1n) is 13.0. The number of hydrogen-bond donors (Lipinski definition) is 2. The molecule has 10 nitrogen and oxygen atoms in total. The lowest BCUT2D eigenvalue weighted by atomic mass is 10.1. The van der Waals surface area contributed by atoms with E-state index < -0.39 is 17.5 Å². The number of carbonyl (C=O) groups excluding carboxylic acids is 2. The van der Waals surface area contributed by atoms with Crippen molar-refractivity contribution in [3.8, 4) is 11.6 Å². The molecule has 1 atom stereocenters. The quantitative estimate of drug-likeness (QED) is 0.435. The predicted octanol–water partition coefficient (Wildman–Crippen LogP) is 3.58. The number of rotatable bonds is 8. The van der Waals surface area contributed by atoms with Gasteiger partial charge in [-0.2, -0.15) is 0 Å². The predicted molar refractivity (Wildman–Crippen MR) is 142 cm³/mol. The highest BCUT2D eigenvalue weighted by Gasteiger charge is 2.27. The smallest absolute Gasteiger partial charge is 0.270 e. The van der Waals surface area contributed by atoms with Crippen molar-refractivity contribution < 1.29 is 32.6 Å². The van der Waals surface area contributed by atoms with E-state index in [4.69, 9.17) is 14.2 Å². The van der Waals surface area contributed by atoms with Crippen molar-refractivity contribution in [2.75, 3.05) is 43.6 Å². The molecule has 0 saturated carbocycles. The number of aromatic nitrogens is 2. The van der Waals surface area contributed by atoms with Crippen LogP contribution in [0.4, 0.5) is 20.2 Å². The average Bonchev–Trinajstić information content (AvgIpc) is 3.48. The first-order valence-corrected chi connectivity index (χ1v) is 13.0. The zero-order valence-corrected chi connectivity index (χ0v) is 21.9. The van der Waals surface area contributed by atoms with E-state index in [9.17, 15) is 18.4 Å². The largest absolute Gasteiger partial charge is 0.487 e. The molecule has 0 bridgehead atoms. The minimum absolute atomic E-state index is 0.00280. The van der Waals surface area contributed by atoms with Gasteiger partial charge in [0.25, 0.3) is 11.8 Å². The van der Waals surface area contributed by atoms with Gasteiger partial charge in [-0.25, -0.2) is 18.7 Å².